The van der Waals surface area contributed by atoms with E-state index >= 15 is 0 Å². The van der Waals surface area contributed by atoms with Gasteiger partial charge in [-0.25, -0.2) is 0 Å². The van der Waals surface area contributed by atoms with Crippen molar-refractivity contribution in [3.8, 4) is 0 Å². The van der Waals surface area contributed by atoms with E-state index in [0.29, 0.717) is 0 Å². The minimum Gasteiger partial charge on any atom is -0.0984 e. The van der Waals surface area contributed by atoms with Crippen LogP contribution in [0.5, 0.6) is 0 Å². The maximum Gasteiger partial charge on any atom is -0.00992 e. The Kier molecular flexibility index (Phi) is 18.2. The third-order valence-corrected chi connectivity index (χ3v) is 3.19. The molecule has 0 N–H and O–H groups in total. The standard InChI is InChI=1S/C18H16.3C2H6.CH4/c1-5-13-14(6-2)16(8-4)18-12-10-9-11-17(18)15(13)7-3;3*1-2;/h5-12H,1-4H2;3*1-2H3;1H4. The zero-order valence-corrected chi connectivity index (χ0v) is 16.4. The Bertz CT molecular complexity index is 599. The number of hydrogen-bond donors (Lipinski definition) is 0. The van der Waals surface area contributed by atoms with Crippen LogP contribution >= 0.6 is 0 Å². The maximum absolute atomic E-state index is 3.91. The molecule has 2 rings (SSSR count). The van der Waals surface area contributed by atoms with E-state index in [1.54, 1.807) is 0 Å². The molecule has 0 aliphatic rings. The number of hydrogen-bond acceptors (Lipinski definition) is 0. The van der Waals surface area contributed by atoms with Gasteiger partial charge in [0.25, 0.3) is 0 Å². The number of benzene rings is 2. The van der Waals surface area contributed by atoms with E-state index in [4.69, 9.17) is 0 Å². The highest BCUT2D eigenvalue weighted by molar-refractivity contribution is 6.02. The summed E-state index contributed by atoms with van der Waals surface area (Å²) in [4.78, 5) is 0. The molecule has 25 heavy (non-hydrogen) atoms. The van der Waals surface area contributed by atoms with Gasteiger partial charge in [-0.15, -0.1) is 0 Å². The first-order chi connectivity index (χ1) is 11.8. The summed E-state index contributed by atoms with van der Waals surface area (Å²) in [6.07, 6.45) is 7.46. The van der Waals surface area contributed by atoms with Crippen molar-refractivity contribution in [2.45, 2.75) is 49.0 Å². The average molecular weight is 339 g/mol. The summed E-state index contributed by atoms with van der Waals surface area (Å²) in [5.41, 5.74) is 4.32. The summed E-state index contributed by atoms with van der Waals surface area (Å²) >= 11 is 0. The lowest BCUT2D eigenvalue weighted by Gasteiger charge is -2.15. The highest BCUT2D eigenvalue weighted by Crippen LogP contribution is 2.33. The Balaban J connectivity index is -0.000000626. The first-order valence-corrected chi connectivity index (χ1v) is 8.87. The zero-order chi connectivity index (χ0) is 19.1. The molecule has 0 bridgehead atoms. The van der Waals surface area contributed by atoms with Gasteiger partial charge in [0.15, 0.2) is 0 Å². The van der Waals surface area contributed by atoms with Gasteiger partial charge in [-0.3, -0.25) is 0 Å². The second kappa shape index (κ2) is 16.5. The van der Waals surface area contributed by atoms with Crippen molar-refractivity contribution in [2.75, 3.05) is 0 Å². The molecule has 138 valence electrons. The Morgan fingerprint density at radius 1 is 0.520 bits per heavy atom. The fraction of sp³-hybridized carbons (Fsp3) is 0.280. The van der Waals surface area contributed by atoms with Crippen molar-refractivity contribution >= 4 is 35.1 Å². The summed E-state index contributed by atoms with van der Waals surface area (Å²) in [6, 6.07) is 8.25. The van der Waals surface area contributed by atoms with Crippen LogP contribution in [0.2, 0.25) is 0 Å². The Morgan fingerprint density at radius 2 is 0.760 bits per heavy atom. The van der Waals surface area contributed by atoms with Crippen LogP contribution in [-0.2, 0) is 0 Å². The van der Waals surface area contributed by atoms with E-state index in [0.717, 1.165) is 22.3 Å². The van der Waals surface area contributed by atoms with Gasteiger partial charge in [-0.05, 0) is 33.0 Å². The normalized spacial score (nSPS) is 7.92. The predicted octanol–water partition coefficient (Wildman–Crippen LogP) is 9.13. The topological polar surface area (TPSA) is 0 Å². The van der Waals surface area contributed by atoms with Crippen LogP contribution < -0.4 is 0 Å². The summed E-state index contributed by atoms with van der Waals surface area (Å²) in [5, 5.41) is 2.34. The summed E-state index contributed by atoms with van der Waals surface area (Å²) in [5.74, 6) is 0. The lowest BCUT2D eigenvalue weighted by molar-refractivity contribution is 1.50. The van der Waals surface area contributed by atoms with Crippen molar-refractivity contribution < 1.29 is 0 Å². The molecule has 0 atom stereocenters. The molecule has 0 fully saturated rings. The molecule has 0 aliphatic heterocycles. The van der Waals surface area contributed by atoms with E-state index in [1.165, 1.54) is 10.8 Å². The molecule has 0 aromatic heterocycles. The van der Waals surface area contributed by atoms with Crippen LogP contribution in [0.15, 0.2) is 50.6 Å². The molecule has 0 spiro atoms. The van der Waals surface area contributed by atoms with E-state index < -0.39 is 0 Å². The molecule has 0 amide bonds. The molecular formula is C25H38. The third kappa shape index (κ3) is 6.23. The van der Waals surface area contributed by atoms with E-state index in [9.17, 15) is 0 Å². The Morgan fingerprint density at radius 3 is 0.960 bits per heavy atom. The smallest absolute Gasteiger partial charge is 0.00992 e. The van der Waals surface area contributed by atoms with Gasteiger partial charge in [0.05, 0.1) is 0 Å². The fourth-order valence-corrected chi connectivity index (χ4v) is 2.41. The summed E-state index contributed by atoms with van der Waals surface area (Å²) in [7, 11) is 0. The second-order valence-electron chi connectivity index (χ2n) is 4.02. The summed E-state index contributed by atoms with van der Waals surface area (Å²) in [6.45, 7) is 27.6. The molecule has 2 aromatic carbocycles. The average Bonchev–Trinajstić information content (AvgIpc) is 2.70. The van der Waals surface area contributed by atoms with Gasteiger partial charge in [0.1, 0.15) is 0 Å². The van der Waals surface area contributed by atoms with Gasteiger partial charge in [0.2, 0.25) is 0 Å². The first-order valence-electron chi connectivity index (χ1n) is 8.87. The van der Waals surface area contributed by atoms with Gasteiger partial charge in [0, 0.05) is 0 Å². The molecule has 0 unspecified atom stereocenters. The SMILES string of the molecule is C.C=Cc1c(C=C)c(C=C)c2ccccc2c1C=C.CC.CC.CC. The van der Waals surface area contributed by atoms with Crippen molar-refractivity contribution in [2.24, 2.45) is 0 Å². The zero-order valence-electron chi connectivity index (χ0n) is 16.4. The van der Waals surface area contributed by atoms with Crippen LogP contribution in [0.3, 0.4) is 0 Å². The van der Waals surface area contributed by atoms with Gasteiger partial charge < -0.3 is 0 Å². The molecule has 0 saturated heterocycles. The third-order valence-electron chi connectivity index (χ3n) is 3.19. The molecule has 0 saturated carbocycles. The van der Waals surface area contributed by atoms with Crippen molar-refractivity contribution in [3.05, 3.63) is 72.8 Å². The van der Waals surface area contributed by atoms with Crippen LogP contribution in [0.4, 0.5) is 0 Å². The summed E-state index contributed by atoms with van der Waals surface area (Å²) < 4.78 is 0. The highest BCUT2D eigenvalue weighted by Gasteiger charge is 2.11. The van der Waals surface area contributed by atoms with E-state index in [-0.39, 0.29) is 7.43 Å². The van der Waals surface area contributed by atoms with Crippen molar-refractivity contribution in [1.82, 2.24) is 0 Å². The van der Waals surface area contributed by atoms with Crippen molar-refractivity contribution in [1.29, 1.82) is 0 Å². The lowest BCUT2D eigenvalue weighted by atomic mass is 9.89. The molecule has 0 radical (unpaired) electrons. The highest BCUT2D eigenvalue weighted by atomic mass is 14.1. The molecule has 0 heteroatoms. The maximum atomic E-state index is 3.91. The van der Waals surface area contributed by atoms with E-state index in [2.05, 4.69) is 38.4 Å². The van der Waals surface area contributed by atoms with Gasteiger partial charge >= 0.3 is 0 Å². The number of rotatable bonds is 4. The molecule has 0 nitrogen and oxygen atoms in total. The van der Waals surface area contributed by atoms with Crippen LogP contribution in [0.25, 0.3) is 35.1 Å². The Hall–Kier alpha value is -2.34. The van der Waals surface area contributed by atoms with Crippen molar-refractivity contribution in [3.63, 3.8) is 0 Å². The fourth-order valence-electron chi connectivity index (χ4n) is 2.41. The van der Waals surface area contributed by atoms with Crippen LogP contribution in [0.1, 0.15) is 71.2 Å². The lowest BCUT2D eigenvalue weighted by Crippen LogP contribution is -1.94. The van der Waals surface area contributed by atoms with Crippen LogP contribution in [-0.4, -0.2) is 0 Å². The predicted molar refractivity (Wildman–Crippen MR) is 125 cm³/mol. The van der Waals surface area contributed by atoms with Gasteiger partial charge in [-0.1, -0.05) is 124 Å². The number of fused-ring (bicyclic) bond motifs is 1. The minimum absolute atomic E-state index is 0. The van der Waals surface area contributed by atoms with E-state index in [1.807, 2.05) is 78.0 Å². The molecular weight excluding hydrogens is 300 g/mol. The second-order valence-corrected chi connectivity index (χ2v) is 4.02. The largest absolute Gasteiger partial charge is 0.0984 e. The van der Waals surface area contributed by atoms with Gasteiger partial charge in [-0.2, -0.15) is 0 Å². The molecule has 0 heterocycles. The monoisotopic (exact) mass is 338 g/mol. The molecule has 0 aliphatic carbocycles. The minimum atomic E-state index is 0. The Labute approximate surface area is 157 Å². The quantitative estimate of drug-likeness (QED) is 0.521. The molecule has 2 aromatic rings. The van der Waals surface area contributed by atoms with Crippen LogP contribution in [0, 0.1) is 0 Å². The first kappa shape index (κ1) is 27.5.